The molecule has 1 aromatic rings. The molecule has 176 valence electrons. The lowest BCUT2D eigenvalue weighted by Crippen LogP contribution is -2.58. The number of amides is 1. The van der Waals surface area contributed by atoms with Gasteiger partial charge in [-0.05, 0) is 13.3 Å². The first-order chi connectivity index (χ1) is 14.8. The van der Waals surface area contributed by atoms with E-state index in [9.17, 15) is 4.79 Å². The first-order valence-electron chi connectivity index (χ1n) is 12.7. The molecule has 0 bridgehead atoms. The van der Waals surface area contributed by atoms with Crippen molar-refractivity contribution in [1.29, 1.82) is 0 Å². The first-order valence-corrected chi connectivity index (χ1v) is 12.7. The van der Waals surface area contributed by atoms with Crippen LogP contribution in [0.15, 0.2) is 42.5 Å². The van der Waals surface area contributed by atoms with Crippen molar-refractivity contribution in [1.82, 2.24) is 5.32 Å². The molecule has 0 radical (unpaired) electrons. The van der Waals surface area contributed by atoms with Crippen molar-refractivity contribution in [2.45, 2.75) is 110 Å². The van der Waals surface area contributed by atoms with Gasteiger partial charge >= 0.3 is 0 Å². The van der Waals surface area contributed by atoms with Gasteiger partial charge in [-0.3, -0.25) is 4.79 Å². The Labute approximate surface area is 192 Å². The monoisotopic (exact) mass is 429 g/mol. The van der Waals surface area contributed by atoms with Crippen LogP contribution in [0, 0.1) is 0 Å². The fraction of sp³-hybridized carbons (Fsp3) is 0.679. The van der Waals surface area contributed by atoms with Gasteiger partial charge in [-0.15, -0.1) is 0 Å². The van der Waals surface area contributed by atoms with Crippen molar-refractivity contribution < 1.29 is 9.28 Å². The predicted octanol–water partition coefficient (Wildman–Crippen LogP) is 7.54. The molecular formula is C28H49N2O+. The molecule has 0 saturated carbocycles. The van der Waals surface area contributed by atoms with Crippen molar-refractivity contribution in [2.75, 3.05) is 14.1 Å². The number of nitrogens with zero attached hydrogens (tertiary/aromatic N) is 1. The minimum absolute atomic E-state index is 0.0381. The molecule has 0 aromatic heterocycles. The molecular weight excluding hydrogens is 380 g/mol. The third-order valence-corrected chi connectivity index (χ3v) is 6.69. The van der Waals surface area contributed by atoms with Gasteiger partial charge in [-0.2, -0.15) is 0 Å². The van der Waals surface area contributed by atoms with E-state index in [0.717, 1.165) is 17.3 Å². The molecule has 1 aromatic carbocycles. The molecule has 2 atom stereocenters. The molecule has 0 aliphatic rings. The summed E-state index contributed by atoms with van der Waals surface area (Å²) in [6.45, 7) is 10.0. The van der Waals surface area contributed by atoms with Gasteiger partial charge < -0.3 is 9.80 Å². The third-order valence-electron chi connectivity index (χ3n) is 6.69. The van der Waals surface area contributed by atoms with Gasteiger partial charge in [-0.1, -0.05) is 109 Å². The zero-order valence-corrected chi connectivity index (χ0v) is 21.1. The van der Waals surface area contributed by atoms with Gasteiger partial charge in [-0.25, -0.2) is 0 Å². The second kappa shape index (κ2) is 15.2. The number of quaternary nitrogens is 1. The molecule has 1 amide bonds. The van der Waals surface area contributed by atoms with Crippen LogP contribution in [-0.2, 0) is 4.79 Å². The summed E-state index contributed by atoms with van der Waals surface area (Å²) in [5.74, 6) is -0.0381. The highest BCUT2D eigenvalue weighted by Crippen LogP contribution is 2.33. The fourth-order valence-electron chi connectivity index (χ4n) is 4.61. The number of carbonyl (C=O) groups excluding carboxylic acids is 1. The average Bonchev–Trinajstić information content (AvgIpc) is 2.75. The first kappa shape index (κ1) is 27.4. The highest BCUT2D eigenvalue weighted by Gasteiger charge is 2.37. The van der Waals surface area contributed by atoms with Crippen molar-refractivity contribution in [2.24, 2.45) is 0 Å². The Bertz CT molecular complexity index is 623. The molecule has 31 heavy (non-hydrogen) atoms. The summed E-state index contributed by atoms with van der Waals surface area (Å²) in [4.78, 5) is 12.3. The minimum Gasteiger partial charge on any atom is -0.303 e. The lowest BCUT2D eigenvalue weighted by Gasteiger charge is -2.44. The second-order valence-corrected chi connectivity index (χ2v) is 9.70. The van der Waals surface area contributed by atoms with E-state index in [1.807, 2.05) is 0 Å². The second-order valence-electron chi connectivity index (χ2n) is 9.70. The van der Waals surface area contributed by atoms with E-state index in [0.29, 0.717) is 11.6 Å². The molecule has 0 aliphatic carbocycles. The molecule has 2 unspecified atom stereocenters. The van der Waals surface area contributed by atoms with E-state index in [1.54, 1.807) is 6.92 Å². The topological polar surface area (TPSA) is 29.1 Å². The van der Waals surface area contributed by atoms with Crippen molar-refractivity contribution in [3.05, 3.63) is 48.0 Å². The Morgan fingerprint density at radius 1 is 0.903 bits per heavy atom. The van der Waals surface area contributed by atoms with Crippen molar-refractivity contribution in [3.8, 4) is 0 Å². The number of benzene rings is 1. The Kier molecular flexibility index (Phi) is 13.5. The van der Waals surface area contributed by atoms with Crippen LogP contribution in [-0.4, -0.2) is 30.7 Å². The molecule has 1 N–H and O–H groups in total. The number of hydrogen-bond donors (Lipinski definition) is 1. The van der Waals surface area contributed by atoms with E-state index >= 15 is 0 Å². The van der Waals surface area contributed by atoms with Crippen LogP contribution in [0.5, 0.6) is 0 Å². The Morgan fingerprint density at radius 2 is 1.42 bits per heavy atom. The van der Waals surface area contributed by atoms with Gasteiger partial charge in [0.15, 0.2) is 6.17 Å². The highest BCUT2D eigenvalue weighted by atomic mass is 16.2. The SMILES string of the molecule is C=C(C)C(=O)NC(CC)[N+](C)(C)C(CCCCCCCCCCCC)c1ccccc1. The number of nitrogens with one attached hydrogen (secondary N) is 1. The largest absolute Gasteiger partial charge is 0.303 e. The molecule has 1 rings (SSSR count). The van der Waals surface area contributed by atoms with E-state index in [2.05, 4.69) is 70.2 Å². The van der Waals surface area contributed by atoms with Crippen LogP contribution in [0.2, 0.25) is 0 Å². The highest BCUT2D eigenvalue weighted by molar-refractivity contribution is 5.92. The predicted molar refractivity (Wildman–Crippen MR) is 135 cm³/mol. The van der Waals surface area contributed by atoms with E-state index in [4.69, 9.17) is 0 Å². The number of rotatable bonds is 17. The van der Waals surface area contributed by atoms with Gasteiger partial charge in [0.05, 0.1) is 14.1 Å². The van der Waals surface area contributed by atoms with Crippen LogP contribution in [0.4, 0.5) is 0 Å². The Morgan fingerprint density at radius 3 is 1.90 bits per heavy atom. The average molecular weight is 430 g/mol. The summed E-state index contributed by atoms with van der Waals surface area (Å²) < 4.78 is 0.761. The van der Waals surface area contributed by atoms with E-state index < -0.39 is 0 Å². The molecule has 0 spiro atoms. The van der Waals surface area contributed by atoms with Crippen LogP contribution in [0.25, 0.3) is 0 Å². The molecule has 3 heteroatoms. The van der Waals surface area contributed by atoms with Crippen molar-refractivity contribution >= 4 is 5.91 Å². The normalized spacial score (nSPS) is 13.6. The number of hydrogen-bond acceptors (Lipinski definition) is 1. The number of unbranched alkanes of at least 4 members (excludes halogenated alkanes) is 9. The minimum atomic E-state index is -0.0381. The maximum absolute atomic E-state index is 12.3. The summed E-state index contributed by atoms with van der Waals surface area (Å²) >= 11 is 0. The van der Waals surface area contributed by atoms with E-state index in [-0.39, 0.29) is 12.1 Å². The Hall–Kier alpha value is -1.61. The third kappa shape index (κ3) is 10.0. The summed E-state index contributed by atoms with van der Waals surface area (Å²) in [5.41, 5.74) is 1.94. The van der Waals surface area contributed by atoms with Crippen LogP contribution >= 0.6 is 0 Å². The summed E-state index contributed by atoms with van der Waals surface area (Å²) in [7, 11) is 4.53. The maximum Gasteiger partial charge on any atom is 0.250 e. The van der Waals surface area contributed by atoms with Crippen LogP contribution in [0.1, 0.15) is 109 Å². The van der Waals surface area contributed by atoms with Crippen LogP contribution in [0.3, 0.4) is 0 Å². The summed E-state index contributed by atoms with van der Waals surface area (Å²) in [6.07, 6.45) is 15.7. The van der Waals surface area contributed by atoms with Gasteiger partial charge in [0, 0.05) is 24.0 Å². The van der Waals surface area contributed by atoms with E-state index in [1.165, 1.54) is 69.8 Å². The zero-order valence-electron chi connectivity index (χ0n) is 21.1. The molecule has 3 nitrogen and oxygen atoms in total. The summed E-state index contributed by atoms with van der Waals surface area (Å²) in [6, 6.07) is 11.2. The maximum atomic E-state index is 12.3. The quantitative estimate of drug-likeness (QED) is 0.118. The van der Waals surface area contributed by atoms with Gasteiger partial charge in [0.1, 0.15) is 6.04 Å². The van der Waals surface area contributed by atoms with Gasteiger partial charge in [0.2, 0.25) is 0 Å². The molecule has 0 aliphatic heterocycles. The lowest BCUT2D eigenvalue weighted by molar-refractivity contribution is -0.947. The standard InChI is InChI=1S/C28H48N2O/c1-7-9-10-11-12-13-14-15-16-20-23-26(25-21-18-17-19-22-25)30(5,6)27(8-2)29-28(31)24(3)4/h17-19,21-22,26-27H,3,7-16,20,23H2,1-2,4-6H3/p+1. The fourth-order valence-corrected chi connectivity index (χ4v) is 4.61. The van der Waals surface area contributed by atoms with Crippen molar-refractivity contribution in [3.63, 3.8) is 0 Å². The smallest absolute Gasteiger partial charge is 0.250 e. The number of carbonyl (C=O) groups is 1. The van der Waals surface area contributed by atoms with Crippen LogP contribution < -0.4 is 5.32 Å². The summed E-state index contributed by atoms with van der Waals surface area (Å²) in [5, 5.41) is 3.23. The molecule has 0 heterocycles. The molecule has 0 saturated heterocycles. The lowest BCUT2D eigenvalue weighted by atomic mass is 9.95. The Balaban J connectivity index is 2.65. The molecule has 0 fully saturated rings. The van der Waals surface area contributed by atoms with Gasteiger partial charge in [0.25, 0.3) is 5.91 Å². The zero-order chi connectivity index (χ0) is 23.1.